The average Bonchev–Trinajstić information content (AvgIpc) is 2.93. The summed E-state index contributed by atoms with van der Waals surface area (Å²) in [6.45, 7) is 1.81. The first-order valence-corrected chi connectivity index (χ1v) is 11.9. The number of hydrogen-bond acceptors (Lipinski definition) is 10. The number of carbonyl (C=O) groups excluding carboxylic acids is 3. The maximum Gasteiger partial charge on any atom is 0.519 e. The molecular weight excluding hydrogens is 524 g/mol. The number of nitrogens with zero attached hydrogens (tertiary/aromatic N) is 1. The Morgan fingerprint density at radius 1 is 1.00 bits per heavy atom. The van der Waals surface area contributed by atoms with Crippen LogP contribution in [0.15, 0.2) is 72.8 Å². The van der Waals surface area contributed by atoms with Crippen molar-refractivity contribution in [3.63, 3.8) is 0 Å². The number of amides is 1. The zero-order chi connectivity index (χ0) is 29.1. The molecule has 0 aliphatic heterocycles. The van der Waals surface area contributed by atoms with E-state index >= 15 is 0 Å². The topological polar surface area (TPSA) is 164 Å². The van der Waals surface area contributed by atoms with Gasteiger partial charge in [-0.05, 0) is 60.5 Å². The van der Waals surface area contributed by atoms with Crippen molar-refractivity contribution in [1.82, 2.24) is 5.32 Å². The molecule has 0 radical (unpaired) electrons. The highest BCUT2D eigenvalue weighted by Crippen LogP contribution is 2.29. The normalized spacial score (nSPS) is 11.3. The Bertz CT molecular complexity index is 1390. The van der Waals surface area contributed by atoms with Crippen LogP contribution >= 0.6 is 0 Å². The van der Waals surface area contributed by atoms with Gasteiger partial charge in [-0.2, -0.15) is 0 Å². The Labute approximate surface area is 228 Å². The molecule has 3 aromatic carbocycles. The highest BCUT2D eigenvalue weighted by atomic mass is 16.7. The fraction of sp³-hybridized carbons (Fsp3) is 0.179. The smallest absolute Gasteiger partial charge is 0.508 e. The zero-order valence-corrected chi connectivity index (χ0v) is 21.6. The summed E-state index contributed by atoms with van der Waals surface area (Å²) in [6.07, 6.45) is 1.77. The molecule has 0 saturated heterocycles. The molecule has 1 unspecified atom stereocenters. The molecule has 0 saturated carbocycles. The minimum absolute atomic E-state index is 0.0345. The molecule has 2 N–H and O–H groups in total. The molecule has 0 bridgehead atoms. The average molecular weight is 551 g/mol. The fourth-order valence-corrected chi connectivity index (χ4v) is 3.41. The number of carbonyl (C=O) groups is 3. The number of non-ortho nitro benzene ring substituents is 1. The largest absolute Gasteiger partial charge is 0.519 e. The third kappa shape index (κ3) is 8.58. The third-order valence-electron chi connectivity index (χ3n) is 5.32. The second-order valence-electron chi connectivity index (χ2n) is 8.13. The van der Waals surface area contributed by atoms with Gasteiger partial charge >= 0.3 is 12.1 Å². The van der Waals surface area contributed by atoms with E-state index < -0.39 is 29.0 Å². The summed E-state index contributed by atoms with van der Waals surface area (Å²) in [6, 6.07) is 14.7. The zero-order valence-electron chi connectivity index (χ0n) is 21.6. The van der Waals surface area contributed by atoms with E-state index in [2.05, 4.69) is 5.32 Å². The Morgan fingerprint density at radius 3 is 2.33 bits per heavy atom. The number of phenols is 1. The summed E-state index contributed by atoms with van der Waals surface area (Å²) >= 11 is 0. The number of nitro benzene ring substituents is 1. The summed E-state index contributed by atoms with van der Waals surface area (Å²) < 4.78 is 20.5. The van der Waals surface area contributed by atoms with Crippen molar-refractivity contribution in [3.8, 4) is 23.0 Å². The molecule has 0 aromatic heterocycles. The number of nitrogens with one attached hydrogen (secondary N) is 1. The van der Waals surface area contributed by atoms with Gasteiger partial charge < -0.3 is 29.4 Å². The minimum atomic E-state index is -1.09. The molecule has 208 valence electrons. The van der Waals surface area contributed by atoms with E-state index in [-0.39, 0.29) is 41.7 Å². The molecule has 0 aliphatic carbocycles. The second kappa shape index (κ2) is 14.0. The van der Waals surface area contributed by atoms with Crippen molar-refractivity contribution in [3.05, 3.63) is 94.0 Å². The van der Waals surface area contributed by atoms with E-state index in [1.54, 1.807) is 25.1 Å². The number of phenolic OH excluding ortho intramolecular Hbond substituents is 1. The summed E-state index contributed by atoms with van der Waals surface area (Å²) in [5.74, 6) is -0.820. The SMILES string of the molecule is CCOC(=O)C(Cc1ccc(O)cc1)NC(=O)/C=C/c1ccc(OC(=O)Oc2ccc([N+](=O)[O-])cc2)c(OC)c1. The number of hydrogen-bond donors (Lipinski definition) is 2. The first-order valence-electron chi connectivity index (χ1n) is 11.9. The molecule has 12 nitrogen and oxygen atoms in total. The maximum absolute atomic E-state index is 12.6. The number of methoxy groups -OCH3 is 1. The molecule has 0 heterocycles. The molecule has 0 spiro atoms. The van der Waals surface area contributed by atoms with Crippen molar-refractivity contribution >= 4 is 29.8 Å². The molecule has 12 heteroatoms. The second-order valence-corrected chi connectivity index (χ2v) is 8.13. The summed E-state index contributed by atoms with van der Waals surface area (Å²) in [7, 11) is 1.36. The lowest BCUT2D eigenvalue weighted by Gasteiger charge is -2.16. The van der Waals surface area contributed by atoms with Gasteiger partial charge in [0.15, 0.2) is 11.5 Å². The van der Waals surface area contributed by atoms with Crippen molar-refractivity contribution in [2.45, 2.75) is 19.4 Å². The predicted octanol–water partition coefficient (Wildman–Crippen LogP) is 4.19. The van der Waals surface area contributed by atoms with Crippen molar-refractivity contribution in [1.29, 1.82) is 0 Å². The highest BCUT2D eigenvalue weighted by Gasteiger charge is 2.22. The van der Waals surface area contributed by atoms with E-state index in [1.807, 2.05) is 0 Å². The van der Waals surface area contributed by atoms with Crippen LogP contribution in [0.5, 0.6) is 23.0 Å². The molecule has 3 aromatic rings. The third-order valence-corrected chi connectivity index (χ3v) is 5.32. The van der Waals surface area contributed by atoms with E-state index in [4.69, 9.17) is 18.9 Å². The highest BCUT2D eigenvalue weighted by molar-refractivity contribution is 5.94. The van der Waals surface area contributed by atoms with Crippen molar-refractivity contribution in [2.24, 2.45) is 0 Å². The van der Waals surface area contributed by atoms with Gasteiger partial charge in [-0.25, -0.2) is 9.59 Å². The van der Waals surface area contributed by atoms with Crippen LogP contribution in [-0.2, 0) is 20.7 Å². The fourth-order valence-electron chi connectivity index (χ4n) is 3.41. The van der Waals surface area contributed by atoms with Crippen LogP contribution in [0, 0.1) is 10.1 Å². The Hall–Kier alpha value is -5.39. The van der Waals surface area contributed by atoms with Gasteiger partial charge in [0.05, 0.1) is 18.6 Å². The van der Waals surface area contributed by atoms with Crippen LogP contribution in [0.2, 0.25) is 0 Å². The van der Waals surface area contributed by atoms with E-state index in [1.165, 1.54) is 67.8 Å². The Balaban J connectivity index is 1.63. The van der Waals surface area contributed by atoms with Crippen molar-refractivity contribution < 1.29 is 43.4 Å². The summed E-state index contributed by atoms with van der Waals surface area (Å²) in [5, 5.41) is 22.8. The van der Waals surface area contributed by atoms with Crippen LogP contribution in [0.25, 0.3) is 6.08 Å². The number of rotatable bonds is 11. The monoisotopic (exact) mass is 550 g/mol. The molecule has 3 rings (SSSR count). The molecule has 0 aliphatic rings. The standard InChI is InChI=1S/C28H26N2O10/c1-3-38-27(33)23(16-18-4-10-21(31)11-5-18)29-26(32)15-7-19-6-14-24(25(17-19)37-2)40-28(34)39-22-12-8-20(9-13-22)30(35)36/h4-15,17,23,31H,3,16H2,1-2H3,(H,29,32)/b15-7+. The van der Waals surface area contributed by atoms with Gasteiger partial charge in [-0.1, -0.05) is 18.2 Å². The predicted molar refractivity (Wildman–Crippen MR) is 142 cm³/mol. The van der Waals surface area contributed by atoms with Crippen LogP contribution in [-0.4, -0.2) is 47.8 Å². The van der Waals surface area contributed by atoms with Gasteiger partial charge in [0.1, 0.15) is 17.5 Å². The lowest BCUT2D eigenvalue weighted by atomic mass is 10.1. The first kappa shape index (κ1) is 29.2. The molecule has 0 fully saturated rings. The van der Waals surface area contributed by atoms with E-state index in [9.17, 15) is 29.6 Å². The molecule has 1 atom stereocenters. The lowest BCUT2D eigenvalue weighted by molar-refractivity contribution is -0.384. The Kier molecular flexibility index (Phi) is 10.2. The Morgan fingerprint density at radius 2 is 1.70 bits per heavy atom. The van der Waals surface area contributed by atoms with Crippen LogP contribution in [0.4, 0.5) is 10.5 Å². The van der Waals surface area contributed by atoms with Gasteiger partial charge in [-0.15, -0.1) is 0 Å². The quantitative estimate of drug-likeness (QED) is 0.116. The summed E-state index contributed by atoms with van der Waals surface area (Å²) in [4.78, 5) is 47.3. The van der Waals surface area contributed by atoms with Crippen LogP contribution in [0.3, 0.4) is 0 Å². The molecule has 1 amide bonds. The maximum atomic E-state index is 12.6. The van der Waals surface area contributed by atoms with Gasteiger partial charge in [0.2, 0.25) is 5.91 Å². The minimum Gasteiger partial charge on any atom is -0.508 e. The van der Waals surface area contributed by atoms with Crippen LogP contribution < -0.4 is 19.5 Å². The first-order chi connectivity index (χ1) is 19.2. The number of aromatic hydroxyl groups is 1. The van der Waals surface area contributed by atoms with Gasteiger partial charge in [-0.3, -0.25) is 14.9 Å². The number of esters is 1. The van der Waals surface area contributed by atoms with E-state index in [0.717, 1.165) is 0 Å². The van der Waals surface area contributed by atoms with Crippen molar-refractivity contribution in [2.75, 3.05) is 13.7 Å². The van der Waals surface area contributed by atoms with Crippen LogP contribution in [0.1, 0.15) is 18.1 Å². The summed E-state index contributed by atoms with van der Waals surface area (Å²) in [5.41, 5.74) is 1.08. The number of ether oxygens (including phenoxy) is 4. The number of nitro groups is 1. The number of benzene rings is 3. The lowest BCUT2D eigenvalue weighted by Crippen LogP contribution is -2.42. The van der Waals surface area contributed by atoms with Gasteiger partial charge in [0.25, 0.3) is 5.69 Å². The molecular formula is C28H26N2O10. The molecule has 40 heavy (non-hydrogen) atoms. The van der Waals surface area contributed by atoms with Gasteiger partial charge in [0, 0.05) is 24.6 Å². The van der Waals surface area contributed by atoms with E-state index in [0.29, 0.717) is 11.1 Å².